The lowest BCUT2D eigenvalue weighted by molar-refractivity contribution is 0.251. The minimum Gasteiger partial charge on any atom is -0.311 e. The van der Waals surface area contributed by atoms with E-state index in [1.165, 1.54) is 22.5 Å². The van der Waals surface area contributed by atoms with E-state index in [0.717, 1.165) is 25.7 Å². The lowest BCUT2D eigenvalue weighted by atomic mass is 10.0. The monoisotopic (exact) mass is 384 g/mol. The zero-order chi connectivity index (χ0) is 15.2. The molecule has 2 unspecified atom stereocenters. The Morgan fingerprint density at radius 1 is 1.09 bits per heavy atom. The normalized spacial score (nSPS) is 27.7. The SMILES string of the molecule is CN(C1CC2CCC(C1)N2)S(=O)(=O)c1cc(Cl)cc(Cl)c1.Cl. The van der Waals surface area contributed by atoms with E-state index in [9.17, 15) is 8.42 Å². The average Bonchev–Trinajstić information content (AvgIpc) is 2.75. The molecule has 0 amide bonds. The van der Waals surface area contributed by atoms with Crippen LogP contribution in [0.25, 0.3) is 0 Å². The first-order valence-electron chi connectivity index (χ1n) is 7.06. The summed E-state index contributed by atoms with van der Waals surface area (Å²) < 4.78 is 27.0. The summed E-state index contributed by atoms with van der Waals surface area (Å²) in [5.41, 5.74) is 0. The predicted octanol–water partition coefficient (Wildman–Crippen LogP) is 3.32. The number of nitrogens with one attached hydrogen (secondary N) is 1. The summed E-state index contributed by atoms with van der Waals surface area (Å²) in [5.74, 6) is 0. The molecule has 2 heterocycles. The van der Waals surface area contributed by atoms with Gasteiger partial charge in [-0.15, -0.1) is 12.4 Å². The first-order chi connectivity index (χ1) is 9.86. The fourth-order valence-electron chi connectivity index (χ4n) is 3.36. The molecule has 2 aliphatic heterocycles. The summed E-state index contributed by atoms with van der Waals surface area (Å²) in [6.45, 7) is 0. The summed E-state index contributed by atoms with van der Waals surface area (Å²) in [5, 5.41) is 4.19. The lowest BCUT2D eigenvalue weighted by Gasteiger charge is -2.34. The number of sulfonamides is 1. The van der Waals surface area contributed by atoms with Gasteiger partial charge in [-0.2, -0.15) is 4.31 Å². The third-order valence-electron chi connectivity index (χ3n) is 4.48. The van der Waals surface area contributed by atoms with E-state index in [2.05, 4.69) is 5.32 Å². The van der Waals surface area contributed by atoms with Crippen LogP contribution in [0.4, 0.5) is 0 Å². The number of hydrogen-bond acceptors (Lipinski definition) is 3. The van der Waals surface area contributed by atoms with Crippen LogP contribution < -0.4 is 5.32 Å². The number of nitrogens with zero attached hydrogens (tertiary/aromatic N) is 1. The molecule has 0 spiro atoms. The molecule has 124 valence electrons. The number of hydrogen-bond donors (Lipinski definition) is 1. The molecule has 3 rings (SSSR count). The third kappa shape index (κ3) is 3.55. The molecule has 2 fully saturated rings. The largest absolute Gasteiger partial charge is 0.311 e. The van der Waals surface area contributed by atoms with Crippen molar-refractivity contribution in [2.24, 2.45) is 0 Å². The molecule has 0 saturated carbocycles. The van der Waals surface area contributed by atoms with E-state index in [1.807, 2.05) is 0 Å². The van der Waals surface area contributed by atoms with Crippen molar-refractivity contribution in [3.8, 4) is 0 Å². The van der Waals surface area contributed by atoms with Crippen LogP contribution in [0.3, 0.4) is 0 Å². The quantitative estimate of drug-likeness (QED) is 0.868. The second kappa shape index (κ2) is 6.83. The van der Waals surface area contributed by atoms with Crippen LogP contribution in [0.5, 0.6) is 0 Å². The highest BCUT2D eigenvalue weighted by Crippen LogP contribution is 2.32. The Bertz CT molecular complexity index is 621. The minimum absolute atomic E-state index is 0. The van der Waals surface area contributed by atoms with Gasteiger partial charge in [-0.25, -0.2) is 8.42 Å². The first kappa shape index (κ1) is 18.3. The van der Waals surface area contributed by atoms with Crippen LogP contribution in [0.1, 0.15) is 25.7 Å². The zero-order valence-electron chi connectivity index (χ0n) is 12.1. The van der Waals surface area contributed by atoms with Crippen molar-refractivity contribution in [2.75, 3.05) is 7.05 Å². The van der Waals surface area contributed by atoms with Crippen molar-refractivity contribution in [3.05, 3.63) is 28.2 Å². The lowest BCUT2D eigenvalue weighted by Crippen LogP contribution is -2.48. The van der Waals surface area contributed by atoms with Crippen molar-refractivity contribution in [1.82, 2.24) is 9.62 Å². The molecule has 2 saturated heterocycles. The zero-order valence-corrected chi connectivity index (χ0v) is 15.3. The van der Waals surface area contributed by atoms with Crippen LogP contribution in [-0.2, 0) is 10.0 Å². The number of piperidine rings is 1. The molecular weight excluding hydrogens is 367 g/mol. The van der Waals surface area contributed by atoms with Gasteiger partial charge < -0.3 is 5.32 Å². The van der Waals surface area contributed by atoms with E-state index in [0.29, 0.717) is 22.1 Å². The van der Waals surface area contributed by atoms with Gasteiger partial charge in [0.15, 0.2) is 0 Å². The van der Waals surface area contributed by atoms with Crippen molar-refractivity contribution in [1.29, 1.82) is 0 Å². The van der Waals surface area contributed by atoms with Crippen LogP contribution >= 0.6 is 35.6 Å². The smallest absolute Gasteiger partial charge is 0.243 e. The topological polar surface area (TPSA) is 49.4 Å². The van der Waals surface area contributed by atoms with Gasteiger partial charge in [0.05, 0.1) is 4.90 Å². The first-order valence-corrected chi connectivity index (χ1v) is 9.26. The summed E-state index contributed by atoms with van der Waals surface area (Å²) in [7, 11) is -1.91. The van der Waals surface area contributed by atoms with Gasteiger partial charge >= 0.3 is 0 Å². The molecule has 0 aliphatic carbocycles. The van der Waals surface area contributed by atoms with Crippen molar-refractivity contribution in [2.45, 2.75) is 48.7 Å². The Labute approximate surface area is 147 Å². The molecular formula is C14H19Cl3N2O2S. The van der Waals surface area contributed by atoms with E-state index < -0.39 is 10.0 Å². The molecule has 8 heteroatoms. The van der Waals surface area contributed by atoms with Gasteiger partial charge in [-0.1, -0.05) is 23.2 Å². The number of rotatable bonds is 3. The fraction of sp³-hybridized carbons (Fsp3) is 0.571. The van der Waals surface area contributed by atoms with Crippen LogP contribution in [0, 0.1) is 0 Å². The van der Waals surface area contributed by atoms with Gasteiger partial charge in [-0.05, 0) is 43.9 Å². The van der Waals surface area contributed by atoms with E-state index in [4.69, 9.17) is 23.2 Å². The minimum atomic E-state index is -3.57. The van der Waals surface area contributed by atoms with Crippen LogP contribution in [0.2, 0.25) is 10.0 Å². The van der Waals surface area contributed by atoms with Crippen molar-refractivity contribution in [3.63, 3.8) is 0 Å². The highest BCUT2D eigenvalue weighted by atomic mass is 35.5. The maximum atomic E-state index is 12.8. The number of benzene rings is 1. The second-order valence-corrected chi connectivity index (χ2v) is 8.76. The Balaban J connectivity index is 0.00000176. The standard InChI is InChI=1S/C14H18Cl2N2O2S.ClH/c1-18(13-7-11-2-3-12(8-13)17-11)21(19,20)14-5-9(15)4-10(16)6-14;/h4-6,11-13,17H,2-3,7-8H2,1H3;1H. The average molecular weight is 386 g/mol. The second-order valence-electron chi connectivity index (χ2n) is 5.89. The molecule has 2 aliphatic rings. The van der Waals surface area contributed by atoms with Gasteiger partial charge in [-0.3, -0.25) is 0 Å². The van der Waals surface area contributed by atoms with Crippen molar-refractivity contribution >= 4 is 45.6 Å². The van der Waals surface area contributed by atoms with Gasteiger partial charge in [0.1, 0.15) is 0 Å². The highest BCUT2D eigenvalue weighted by molar-refractivity contribution is 7.89. The van der Waals surface area contributed by atoms with Gasteiger partial charge in [0.25, 0.3) is 0 Å². The Kier molecular flexibility index (Phi) is 5.68. The van der Waals surface area contributed by atoms with E-state index >= 15 is 0 Å². The molecule has 2 bridgehead atoms. The molecule has 0 aromatic heterocycles. The third-order valence-corrected chi connectivity index (χ3v) is 6.80. The van der Waals surface area contributed by atoms with Crippen LogP contribution in [-0.4, -0.2) is 37.9 Å². The number of halogens is 3. The summed E-state index contributed by atoms with van der Waals surface area (Å²) >= 11 is 11.9. The molecule has 4 nitrogen and oxygen atoms in total. The summed E-state index contributed by atoms with van der Waals surface area (Å²) in [6.07, 6.45) is 4.00. The Morgan fingerprint density at radius 2 is 1.59 bits per heavy atom. The van der Waals surface area contributed by atoms with E-state index in [1.54, 1.807) is 7.05 Å². The van der Waals surface area contributed by atoms with Gasteiger partial charge in [0.2, 0.25) is 10.0 Å². The Hall–Kier alpha value is -0.0400. The van der Waals surface area contributed by atoms with Gasteiger partial charge in [0, 0.05) is 35.2 Å². The van der Waals surface area contributed by atoms with Crippen LogP contribution in [0.15, 0.2) is 23.1 Å². The molecule has 22 heavy (non-hydrogen) atoms. The molecule has 1 aromatic rings. The highest BCUT2D eigenvalue weighted by Gasteiger charge is 2.38. The molecule has 1 N–H and O–H groups in total. The summed E-state index contributed by atoms with van der Waals surface area (Å²) in [4.78, 5) is 0.161. The maximum absolute atomic E-state index is 12.8. The fourth-order valence-corrected chi connectivity index (χ4v) is 5.47. The predicted molar refractivity (Wildman–Crippen MR) is 91.6 cm³/mol. The molecule has 1 aromatic carbocycles. The molecule has 0 radical (unpaired) electrons. The van der Waals surface area contributed by atoms with E-state index in [-0.39, 0.29) is 23.3 Å². The number of fused-ring (bicyclic) bond motifs is 2. The Morgan fingerprint density at radius 3 is 2.09 bits per heavy atom. The maximum Gasteiger partial charge on any atom is 0.243 e. The summed E-state index contributed by atoms with van der Waals surface area (Å²) in [6, 6.07) is 5.35. The molecule has 2 atom stereocenters. The van der Waals surface area contributed by atoms with Crippen molar-refractivity contribution < 1.29 is 8.42 Å².